The zero-order chi connectivity index (χ0) is 11.8. The standard InChI is InChI=1S/C12H15F2NO/c13-11(14)9-2-1-8(10(16)7-9)3-4-12(15)5-6-12/h1-2,7,11,16H,3-6,15H2. The van der Waals surface area contributed by atoms with Crippen LogP contribution >= 0.6 is 0 Å². The van der Waals surface area contributed by atoms with Crippen molar-refractivity contribution in [3.63, 3.8) is 0 Å². The molecule has 0 amide bonds. The Morgan fingerprint density at radius 1 is 1.38 bits per heavy atom. The predicted molar refractivity (Wildman–Crippen MR) is 57.5 cm³/mol. The van der Waals surface area contributed by atoms with Crippen molar-refractivity contribution in [2.75, 3.05) is 0 Å². The van der Waals surface area contributed by atoms with Gasteiger partial charge in [-0.05, 0) is 37.3 Å². The minimum atomic E-state index is -2.54. The van der Waals surface area contributed by atoms with E-state index in [2.05, 4.69) is 0 Å². The van der Waals surface area contributed by atoms with Crippen molar-refractivity contribution in [3.8, 4) is 5.75 Å². The van der Waals surface area contributed by atoms with E-state index in [1.807, 2.05) is 0 Å². The van der Waals surface area contributed by atoms with Gasteiger partial charge in [0.05, 0.1) is 0 Å². The van der Waals surface area contributed by atoms with E-state index in [4.69, 9.17) is 5.73 Å². The van der Waals surface area contributed by atoms with E-state index in [1.165, 1.54) is 6.07 Å². The van der Waals surface area contributed by atoms with Gasteiger partial charge in [0.15, 0.2) is 0 Å². The van der Waals surface area contributed by atoms with Crippen LogP contribution in [0.1, 0.15) is 36.8 Å². The molecular formula is C12H15F2NO. The molecule has 3 N–H and O–H groups in total. The van der Waals surface area contributed by atoms with Crippen LogP contribution in [-0.4, -0.2) is 10.6 Å². The summed E-state index contributed by atoms with van der Waals surface area (Å²) >= 11 is 0. The number of phenolic OH excluding ortho intramolecular Hbond substituents is 1. The van der Waals surface area contributed by atoms with Crippen molar-refractivity contribution in [2.45, 2.75) is 37.6 Å². The molecule has 0 aliphatic heterocycles. The van der Waals surface area contributed by atoms with Gasteiger partial charge in [0.1, 0.15) is 5.75 Å². The molecule has 1 aliphatic rings. The van der Waals surface area contributed by atoms with Crippen LogP contribution < -0.4 is 5.73 Å². The van der Waals surface area contributed by atoms with E-state index in [1.54, 1.807) is 6.07 Å². The largest absolute Gasteiger partial charge is 0.508 e. The van der Waals surface area contributed by atoms with Gasteiger partial charge >= 0.3 is 0 Å². The van der Waals surface area contributed by atoms with E-state index >= 15 is 0 Å². The Hall–Kier alpha value is -1.16. The maximum absolute atomic E-state index is 12.3. The second-order valence-corrected chi connectivity index (χ2v) is 4.55. The van der Waals surface area contributed by atoms with Gasteiger partial charge in [-0.25, -0.2) is 8.78 Å². The number of alkyl halides is 2. The summed E-state index contributed by atoms with van der Waals surface area (Å²) in [5.74, 6) is -0.0537. The summed E-state index contributed by atoms with van der Waals surface area (Å²) in [7, 11) is 0. The average molecular weight is 227 g/mol. The second-order valence-electron chi connectivity index (χ2n) is 4.55. The Morgan fingerprint density at radius 3 is 2.56 bits per heavy atom. The number of hydrogen-bond acceptors (Lipinski definition) is 2. The second kappa shape index (κ2) is 4.01. The van der Waals surface area contributed by atoms with Gasteiger partial charge in [-0.1, -0.05) is 12.1 Å². The average Bonchev–Trinajstić information content (AvgIpc) is 2.95. The van der Waals surface area contributed by atoms with Gasteiger partial charge in [0.2, 0.25) is 0 Å². The number of nitrogens with two attached hydrogens (primary N) is 1. The van der Waals surface area contributed by atoms with Gasteiger partial charge in [0, 0.05) is 11.1 Å². The molecule has 0 aromatic heterocycles. The van der Waals surface area contributed by atoms with Crippen LogP contribution in [0.2, 0.25) is 0 Å². The first-order chi connectivity index (χ1) is 7.50. The monoisotopic (exact) mass is 227 g/mol. The molecule has 0 atom stereocenters. The van der Waals surface area contributed by atoms with Crippen LogP contribution in [0.3, 0.4) is 0 Å². The molecule has 88 valence electrons. The Labute approximate surface area is 93.1 Å². The lowest BCUT2D eigenvalue weighted by atomic mass is 10.0. The summed E-state index contributed by atoms with van der Waals surface area (Å²) < 4.78 is 24.7. The van der Waals surface area contributed by atoms with Crippen LogP contribution in [0.5, 0.6) is 5.75 Å². The van der Waals surface area contributed by atoms with Gasteiger partial charge < -0.3 is 10.8 Å². The predicted octanol–water partition coefficient (Wildman–Crippen LogP) is 2.75. The van der Waals surface area contributed by atoms with E-state index < -0.39 is 6.43 Å². The maximum Gasteiger partial charge on any atom is 0.263 e. The fourth-order valence-corrected chi connectivity index (χ4v) is 1.72. The van der Waals surface area contributed by atoms with Crippen molar-refractivity contribution < 1.29 is 13.9 Å². The lowest BCUT2D eigenvalue weighted by Gasteiger charge is -2.10. The number of rotatable bonds is 4. The molecule has 0 radical (unpaired) electrons. The van der Waals surface area contributed by atoms with E-state index in [0.29, 0.717) is 12.0 Å². The molecule has 0 spiro atoms. The number of halogens is 2. The third-order valence-electron chi connectivity index (χ3n) is 3.15. The van der Waals surface area contributed by atoms with Gasteiger partial charge in [-0.2, -0.15) is 0 Å². The van der Waals surface area contributed by atoms with Crippen molar-refractivity contribution in [1.29, 1.82) is 0 Å². The SMILES string of the molecule is NC1(CCc2ccc(C(F)F)cc2O)CC1. The molecule has 1 fully saturated rings. The molecule has 1 saturated carbocycles. The summed E-state index contributed by atoms with van der Waals surface area (Å²) in [5, 5.41) is 9.58. The summed E-state index contributed by atoms with van der Waals surface area (Å²) in [6, 6.07) is 4.05. The highest BCUT2D eigenvalue weighted by Crippen LogP contribution is 2.37. The first-order valence-corrected chi connectivity index (χ1v) is 5.39. The highest BCUT2D eigenvalue weighted by Gasteiger charge is 2.37. The van der Waals surface area contributed by atoms with Crippen LogP contribution in [0, 0.1) is 0 Å². The number of hydrogen-bond donors (Lipinski definition) is 2. The van der Waals surface area contributed by atoms with Crippen LogP contribution in [0.25, 0.3) is 0 Å². The molecule has 0 bridgehead atoms. The van der Waals surface area contributed by atoms with Crippen LogP contribution in [-0.2, 0) is 6.42 Å². The molecular weight excluding hydrogens is 212 g/mol. The minimum Gasteiger partial charge on any atom is -0.508 e. The summed E-state index contributed by atoms with van der Waals surface area (Å²) in [6.45, 7) is 0. The van der Waals surface area contributed by atoms with Crippen molar-refractivity contribution in [1.82, 2.24) is 0 Å². The highest BCUT2D eigenvalue weighted by atomic mass is 19.3. The number of benzene rings is 1. The molecule has 1 aromatic carbocycles. The lowest BCUT2D eigenvalue weighted by Crippen LogP contribution is -2.22. The summed E-state index contributed by atoms with van der Waals surface area (Å²) in [5.41, 5.74) is 6.40. The molecule has 0 heterocycles. The molecule has 2 nitrogen and oxygen atoms in total. The van der Waals surface area contributed by atoms with Crippen molar-refractivity contribution in [2.24, 2.45) is 5.73 Å². The minimum absolute atomic E-state index is 0.0537. The zero-order valence-corrected chi connectivity index (χ0v) is 8.92. The van der Waals surface area contributed by atoms with E-state index in [-0.39, 0.29) is 16.9 Å². The first kappa shape index (κ1) is 11.3. The van der Waals surface area contributed by atoms with Crippen LogP contribution in [0.4, 0.5) is 8.78 Å². The lowest BCUT2D eigenvalue weighted by molar-refractivity contribution is 0.151. The fourth-order valence-electron chi connectivity index (χ4n) is 1.72. The molecule has 1 aromatic rings. The summed E-state index contributed by atoms with van der Waals surface area (Å²) in [6.07, 6.45) is 0.941. The molecule has 2 rings (SSSR count). The van der Waals surface area contributed by atoms with E-state index in [0.717, 1.165) is 25.3 Å². The molecule has 0 unspecified atom stereocenters. The normalized spacial score (nSPS) is 17.8. The Kier molecular flexibility index (Phi) is 2.84. The molecule has 4 heteroatoms. The van der Waals surface area contributed by atoms with Crippen molar-refractivity contribution >= 4 is 0 Å². The van der Waals surface area contributed by atoms with Crippen LogP contribution in [0.15, 0.2) is 18.2 Å². The Morgan fingerprint density at radius 2 is 2.06 bits per heavy atom. The number of aromatic hydroxyl groups is 1. The number of aryl methyl sites for hydroxylation is 1. The highest BCUT2D eigenvalue weighted by molar-refractivity contribution is 5.37. The molecule has 0 saturated heterocycles. The third kappa shape index (κ3) is 2.50. The maximum atomic E-state index is 12.3. The summed E-state index contributed by atoms with van der Waals surface area (Å²) in [4.78, 5) is 0. The third-order valence-corrected chi connectivity index (χ3v) is 3.15. The van der Waals surface area contributed by atoms with Crippen molar-refractivity contribution in [3.05, 3.63) is 29.3 Å². The zero-order valence-electron chi connectivity index (χ0n) is 8.92. The van der Waals surface area contributed by atoms with E-state index in [9.17, 15) is 13.9 Å². The topological polar surface area (TPSA) is 46.2 Å². The fraction of sp³-hybridized carbons (Fsp3) is 0.500. The molecule has 1 aliphatic carbocycles. The first-order valence-electron chi connectivity index (χ1n) is 5.39. The number of phenols is 1. The molecule has 16 heavy (non-hydrogen) atoms. The Balaban J connectivity index is 2.04. The van der Waals surface area contributed by atoms with Gasteiger partial charge in [-0.15, -0.1) is 0 Å². The Bertz CT molecular complexity index is 389. The quantitative estimate of drug-likeness (QED) is 0.830. The van der Waals surface area contributed by atoms with Gasteiger partial charge in [0.25, 0.3) is 6.43 Å². The smallest absolute Gasteiger partial charge is 0.263 e. The van der Waals surface area contributed by atoms with Gasteiger partial charge in [-0.3, -0.25) is 0 Å².